The first-order valence-corrected chi connectivity index (χ1v) is 7.83. The fraction of sp³-hybridized carbons (Fsp3) is 0.444. The maximum absolute atomic E-state index is 14.1. The largest absolute Gasteiger partial charge is 0.274 e. The fourth-order valence-corrected chi connectivity index (χ4v) is 5.45. The summed E-state index contributed by atoms with van der Waals surface area (Å²) in [6, 6.07) is 6.03. The molecule has 2 bridgehead atoms. The Labute approximate surface area is 127 Å². The van der Waals surface area contributed by atoms with E-state index in [1.165, 1.54) is 12.1 Å². The summed E-state index contributed by atoms with van der Waals surface area (Å²) >= 11 is 0. The van der Waals surface area contributed by atoms with E-state index in [0.717, 1.165) is 17.7 Å². The van der Waals surface area contributed by atoms with Gasteiger partial charge in [-0.1, -0.05) is 31.2 Å². The van der Waals surface area contributed by atoms with E-state index in [-0.39, 0.29) is 46.1 Å². The van der Waals surface area contributed by atoms with Crippen molar-refractivity contribution < 1.29 is 14.0 Å². The second-order valence-electron chi connectivity index (χ2n) is 7.29. The van der Waals surface area contributed by atoms with Crippen LogP contribution in [0, 0.1) is 34.4 Å². The molecule has 1 saturated heterocycles. The van der Waals surface area contributed by atoms with Crippen LogP contribution >= 0.6 is 0 Å². The molecule has 3 fully saturated rings. The van der Waals surface area contributed by atoms with Crippen molar-refractivity contribution in [1.29, 1.82) is 0 Å². The van der Waals surface area contributed by atoms with Crippen LogP contribution in [-0.4, -0.2) is 11.8 Å². The van der Waals surface area contributed by atoms with Gasteiger partial charge in [0.05, 0.1) is 17.5 Å². The predicted molar refractivity (Wildman–Crippen MR) is 78.3 cm³/mol. The lowest BCUT2D eigenvalue weighted by molar-refractivity contribution is -0.124. The van der Waals surface area contributed by atoms with Gasteiger partial charge in [-0.15, -0.1) is 0 Å². The number of hydrogen-bond donors (Lipinski definition) is 0. The number of para-hydroxylation sites is 1. The van der Waals surface area contributed by atoms with E-state index >= 15 is 0 Å². The van der Waals surface area contributed by atoms with Gasteiger partial charge in [-0.2, -0.15) is 0 Å². The van der Waals surface area contributed by atoms with Crippen molar-refractivity contribution in [1.82, 2.24) is 0 Å². The van der Waals surface area contributed by atoms with Crippen LogP contribution in [0.4, 0.5) is 10.1 Å². The molecule has 5 rings (SSSR count). The molecule has 3 unspecified atom stereocenters. The molecule has 4 heteroatoms. The Hall–Kier alpha value is -1.97. The number of imide groups is 1. The second-order valence-corrected chi connectivity index (χ2v) is 7.29. The molecule has 0 N–H and O–H groups in total. The molecule has 4 atom stereocenters. The topological polar surface area (TPSA) is 37.4 Å². The first-order valence-electron chi connectivity index (χ1n) is 7.83. The van der Waals surface area contributed by atoms with E-state index < -0.39 is 5.82 Å². The van der Waals surface area contributed by atoms with Gasteiger partial charge in [-0.05, 0) is 36.3 Å². The number of hydrogen-bond acceptors (Lipinski definition) is 2. The van der Waals surface area contributed by atoms with Crippen molar-refractivity contribution in [2.75, 3.05) is 4.90 Å². The van der Waals surface area contributed by atoms with Crippen LogP contribution in [0.25, 0.3) is 0 Å². The van der Waals surface area contributed by atoms with E-state index in [4.69, 9.17) is 0 Å². The highest BCUT2D eigenvalue weighted by atomic mass is 19.1. The molecule has 4 aliphatic rings. The van der Waals surface area contributed by atoms with Crippen LogP contribution in [0.5, 0.6) is 0 Å². The van der Waals surface area contributed by atoms with Gasteiger partial charge in [0, 0.05) is 5.41 Å². The molecule has 1 spiro atoms. The van der Waals surface area contributed by atoms with Gasteiger partial charge >= 0.3 is 0 Å². The molecule has 2 saturated carbocycles. The van der Waals surface area contributed by atoms with Gasteiger partial charge in [0.1, 0.15) is 5.82 Å². The van der Waals surface area contributed by atoms with Crippen LogP contribution in [0.15, 0.2) is 36.4 Å². The SMILES string of the molecule is CC12C=CC(C3C(=O)N(c4ccccc4F)C(=O)[C@@H]31)C21CC1. The van der Waals surface area contributed by atoms with E-state index in [9.17, 15) is 14.0 Å². The lowest BCUT2D eigenvalue weighted by Crippen LogP contribution is -2.38. The lowest BCUT2D eigenvalue weighted by Gasteiger charge is -2.31. The maximum atomic E-state index is 14.1. The van der Waals surface area contributed by atoms with Crippen LogP contribution < -0.4 is 4.90 Å². The third-order valence-corrected chi connectivity index (χ3v) is 6.63. The van der Waals surface area contributed by atoms with Crippen molar-refractivity contribution in [2.45, 2.75) is 19.8 Å². The molecule has 1 aliphatic heterocycles. The number of rotatable bonds is 1. The number of anilines is 1. The zero-order valence-corrected chi connectivity index (χ0v) is 12.3. The van der Waals surface area contributed by atoms with Gasteiger partial charge in [-0.25, -0.2) is 9.29 Å². The summed E-state index contributed by atoms with van der Waals surface area (Å²) in [4.78, 5) is 27.0. The Bertz CT molecular complexity index is 766. The molecule has 112 valence electrons. The van der Waals surface area contributed by atoms with Gasteiger partial charge in [-0.3, -0.25) is 9.59 Å². The van der Waals surface area contributed by atoms with Crippen LogP contribution in [0.3, 0.4) is 0 Å². The molecule has 0 aromatic heterocycles. The highest BCUT2D eigenvalue weighted by molar-refractivity contribution is 6.23. The zero-order valence-electron chi connectivity index (χ0n) is 12.3. The van der Waals surface area contributed by atoms with E-state index in [0.29, 0.717) is 0 Å². The Morgan fingerprint density at radius 1 is 1.18 bits per heavy atom. The Morgan fingerprint density at radius 2 is 1.91 bits per heavy atom. The summed E-state index contributed by atoms with van der Waals surface area (Å²) in [5.74, 6) is -1.43. The molecule has 1 heterocycles. The highest BCUT2D eigenvalue weighted by Crippen LogP contribution is 2.79. The second kappa shape index (κ2) is 3.50. The summed E-state index contributed by atoms with van der Waals surface area (Å²) in [5, 5.41) is 0. The molecule has 22 heavy (non-hydrogen) atoms. The van der Waals surface area contributed by atoms with E-state index in [2.05, 4.69) is 19.1 Å². The van der Waals surface area contributed by atoms with Crippen LogP contribution in [0.1, 0.15) is 19.8 Å². The third kappa shape index (κ3) is 1.10. The number of halogens is 1. The van der Waals surface area contributed by atoms with Crippen molar-refractivity contribution in [3.05, 3.63) is 42.2 Å². The quantitative estimate of drug-likeness (QED) is 0.590. The number of carbonyl (C=O) groups is 2. The normalized spacial score (nSPS) is 39.9. The predicted octanol–water partition coefficient (Wildman–Crippen LogP) is 2.92. The fourth-order valence-electron chi connectivity index (χ4n) is 5.45. The smallest absolute Gasteiger partial charge is 0.238 e. The lowest BCUT2D eigenvalue weighted by atomic mass is 9.72. The Kier molecular flexibility index (Phi) is 2.00. The Morgan fingerprint density at radius 3 is 2.55 bits per heavy atom. The molecule has 3 aliphatic carbocycles. The van der Waals surface area contributed by atoms with Crippen LogP contribution in [-0.2, 0) is 9.59 Å². The standard InChI is InChI=1S/C18H16FNO2/c1-17-7-6-10(18(17)8-9-18)13-14(17)16(22)20(15(13)21)12-5-3-2-4-11(12)19/h2-7,10,13-14H,8-9H2,1H3/t10?,13?,14-,17?/m1/s1. The number of carbonyl (C=O) groups excluding carboxylic acids is 2. The summed E-state index contributed by atoms with van der Waals surface area (Å²) in [6.07, 6.45) is 6.45. The first-order chi connectivity index (χ1) is 10.5. The summed E-state index contributed by atoms with van der Waals surface area (Å²) in [5.41, 5.74) is -0.0240. The maximum Gasteiger partial charge on any atom is 0.238 e. The molecule has 0 radical (unpaired) electrons. The van der Waals surface area contributed by atoms with Crippen molar-refractivity contribution in [2.24, 2.45) is 28.6 Å². The van der Waals surface area contributed by atoms with Gasteiger partial charge < -0.3 is 0 Å². The number of nitrogens with zero attached hydrogens (tertiary/aromatic N) is 1. The summed E-state index contributed by atoms with van der Waals surface area (Å²) < 4.78 is 14.1. The first kappa shape index (κ1) is 12.6. The van der Waals surface area contributed by atoms with Crippen molar-refractivity contribution >= 4 is 17.5 Å². The van der Waals surface area contributed by atoms with Gasteiger partial charge in [0.25, 0.3) is 0 Å². The number of allylic oxidation sites excluding steroid dienone is 2. The van der Waals surface area contributed by atoms with Crippen molar-refractivity contribution in [3.8, 4) is 0 Å². The molecule has 1 aromatic carbocycles. The number of benzene rings is 1. The average Bonchev–Trinajstić information content (AvgIpc) is 3.15. The van der Waals surface area contributed by atoms with Crippen LogP contribution in [0.2, 0.25) is 0 Å². The summed E-state index contributed by atoms with van der Waals surface area (Å²) in [7, 11) is 0. The monoisotopic (exact) mass is 297 g/mol. The minimum Gasteiger partial charge on any atom is -0.274 e. The third-order valence-electron chi connectivity index (χ3n) is 6.63. The van der Waals surface area contributed by atoms with Gasteiger partial charge in [0.2, 0.25) is 11.8 Å². The molecular weight excluding hydrogens is 281 g/mol. The molecule has 2 amide bonds. The minimum absolute atomic E-state index is 0.0970. The average molecular weight is 297 g/mol. The molecular formula is C18H16FNO2. The van der Waals surface area contributed by atoms with Crippen molar-refractivity contribution in [3.63, 3.8) is 0 Å². The minimum atomic E-state index is -0.518. The number of amides is 2. The summed E-state index contributed by atoms with van der Waals surface area (Å²) in [6.45, 7) is 2.11. The zero-order chi connectivity index (χ0) is 15.3. The van der Waals surface area contributed by atoms with Gasteiger partial charge in [0.15, 0.2) is 0 Å². The highest BCUT2D eigenvalue weighted by Gasteiger charge is 2.78. The molecule has 3 nitrogen and oxygen atoms in total. The van der Waals surface area contributed by atoms with E-state index in [1.807, 2.05) is 0 Å². The number of fused-ring (bicyclic) bond motifs is 3. The molecule has 1 aromatic rings. The van der Waals surface area contributed by atoms with E-state index in [1.54, 1.807) is 12.1 Å². The Balaban J connectivity index is 1.64.